The second-order valence-corrected chi connectivity index (χ2v) is 9.49. The maximum absolute atomic E-state index is 14.1. The monoisotopic (exact) mass is 512 g/mol. The van der Waals surface area contributed by atoms with Gasteiger partial charge in [0.15, 0.2) is 0 Å². The van der Waals surface area contributed by atoms with Crippen molar-refractivity contribution in [1.82, 2.24) is 10.6 Å². The summed E-state index contributed by atoms with van der Waals surface area (Å²) < 4.78 is 27.4. The molecule has 4 aromatic carbocycles. The van der Waals surface area contributed by atoms with Crippen molar-refractivity contribution in [1.29, 1.82) is 0 Å². The van der Waals surface area contributed by atoms with Crippen molar-refractivity contribution < 1.29 is 13.6 Å². The molecule has 0 aromatic heterocycles. The highest BCUT2D eigenvalue weighted by Gasteiger charge is 2.29. The number of halogens is 2. The van der Waals surface area contributed by atoms with Crippen LogP contribution in [0.3, 0.4) is 0 Å². The third kappa shape index (κ3) is 8.17. The van der Waals surface area contributed by atoms with E-state index in [-0.39, 0.29) is 17.4 Å². The largest absolute Gasteiger partial charge is 0.315 e. The topological polar surface area (TPSA) is 41.1 Å². The Morgan fingerprint density at radius 3 is 1.29 bits per heavy atom. The van der Waals surface area contributed by atoms with Gasteiger partial charge >= 0.3 is 0 Å². The molecule has 0 saturated carbocycles. The summed E-state index contributed by atoms with van der Waals surface area (Å²) in [6, 6.07) is 32.6. The van der Waals surface area contributed by atoms with E-state index in [1.165, 1.54) is 35.4 Å². The van der Waals surface area contributed by atoms with Gasteiger partial charge in [-0.3, -0.25) is 4.79 Å². The van der Waals surface area contributed by atoms with Crippen molar-refractivity contribution in [3.05, 3.63) is 143 Å². The molecule has 0 radical (unpaired) electrons. The van der Waals surface area contributed by atoms with E-state index in [1.54, 1.807) is 24.3 Å². The summed E-state index contributed by atoms with van der Waals surface area (Å²) in [4.78, 5) is 14.1. The fourth-order valence-corrected chi connectivity index (χ4v) is 4.65. The van der Waals surface area contributed by atoms with E-state index >= 15 is 0 Å². The van der Waals surface area contributed by atoms with Crippen LogP contribution in [0.15, 0.2) is 109 Å². The Labute approximate surface area is 223 Å². The molecule has 0 aliphatic heterocycles. The Morgan fingerprint density at radius 2 is 0.921 bits per heavy atom. The van der Waals surface area contributed by atoms with Gasteiger partial charge in [-0.25, -0.2) is 8.78 Å². The molecule has 2 unspecified atom stereocenters. The van der Waals surface area contributed by atoms with E-state index in [4.69, 9.17) is 0 Å². The van der Waals surface area contributed by atoms with Gasteiger partial charge in [-0.15, -0.1) is 0 Å². The number of rotatable bonds is 14. The van der Waals surface area contributed by atoms with E-state index in [1.807, 2.05) is 36.4 Å². The standard InChI is InChI=1S/C33H34F2N2O/c34-29-15-11-27(12-16-29)31(23-36-21-19-25-7-3-1-4-8-25)33(38)32(28-13-17-30(35)18-14-28)24-37-22-20-26-9-5-2-6-10-26/h1-18,31-32,36-37H,19-24H2. The van der Waals surface area contributed by atoms with Crippen LogP contribution in [0.2, 0.25) is 0 Å². The van der Waals surface area contributed by atoms with E-state index in [2.05, 4.69) is 34.9 Å². The first-order valence-electron chi connectivity index (χ1n) is 13.1. The summed E-state index contributed by atoms with van der Waals surface area (Å²) in [5, 5.41) is 6.87. The molecule has 196 valence electrons. The van der Waals surface area contributed by atoms with Crippen LogP contribution < -0.4 is 10.6 Å². The number of ketones is 1. The second kappa shape index (κ2) is 14.3. The zero-order valence-electron chi connectivity index (χ0n) is 21.5. The Morgan fingerprint density at radius 1 is 0.553 bits per heavy atom. The van der Waals surface area contributed by atoms with Crippen LogP contribution in [0.5, 0.6) is 0 Å². The number of carbonyl (C=O) groups is 1. The SMILES string of the molecule is O=C(C(CNCCc1ccccc1)c1ccc(F)cc1)C(CNCCc1ccccc1)c1ccc(F)cc1. The lowest BCUT2D eigenvalue weighted by atomic mass is 9.83. The Bertz CT molecular complexity index is 1150. The number of nitrogens with one attached hydrogen (secondary N) is 2. The third-order valence-corrected chi connectivity index (χ3v) is 6.80. The Kier molecular flexibility index (Phi) is 10.3. The lowest BCUT2D eigenvalue weighted by molar-refractivity contribution is -0.121. The zero-order valence-corrected chi connectivity index (χ0v) is 21.5. The molecular weight excluding hydrogens is 478 g/mol. The number of hydrogen-bond acceptors (Lipinski definition) is 3. The van der Waals surface area contributed by atoms with Crippen LogP contribution >= 0.6 is 0 Å². The van der Waals surface area contributed by atoms with Crippen molar-refractivity contribution in [3.63, 3.8) is 0 Å². The highest BCUT2D eigenvalue weighted by molar-refractivity contribution is 5.92. The molecule has 0 bridgehead atoms. The number of carbonyl (C=O) groups excluding carboxylic acids is 1. The van der Waals surface area contributed by atoms with Crippen molar-refractivity contribution in [2.75, 3.05) is 26.2 Å². The summed E-state index contributed by atoms with van der Waals surface area (Å²) in [6.45, 7) is 2.29. The third-order valence-electron chi connectivity index (χ3n) is 6.80. The van der Waals surface area contributed by atoms with Crippen LogP contribution in [-0.2, 0) is 17.6 Å². The molecule has 4 aromatic rings. The molecule has 2 atom stereocenters. The molecule has 4 rings (SSSR count). The molecule has 0 amide bonds. The summed E-state index contributed by atoms with van der Waals surface area (Å²) in [5.41, 5.74) is 3.97. The normalized spacial score (nSPS) is 12.7. The van der Waals surface area contributed by atoms with Crippen LogP contribution in [0.4, 0.5) is 8.78 Å². The van der Waals surface area contributed by atoms with Crippen LogP contribution in [-0.4, -0.2) is 32.0 Å². The van der Waals surface area contributed by atoms with Gasteiger partial charge in [0.25, 0.3) is 0 Å². The van der Waals surface area contributed by atoms with Crippen molar-refractivity contribution in [3.8, 4) is 0 Å². The lowest BCUT2D eigenvalue weighted by Crippen LogP contribution is -2.35. The van der Waals surface area contributed by atoms with E-state index in [0.717, 1.165) is 24.0 Å². The summed E-state index contributed by atoms with van der Waals surface area (Å²) in [7, 11) is 0. The molecule has 0 aliphatic carbocycles. The van der Waals surface area contributed by atoms with Crippen LogP contribution in [0, 0.1) is 11.6 Å². The highest BCUT2D eigenvalue weighted by Crippen LogP contribution is 2.27. The molecule has 3 nitrogen and oxygen atoms in total. The van der Waals surface area contributed by atoms with Gasteiger partial charge in [-0.1, -0.05) is 84.9 Å². The minimum absolute atomic E-state index is 0.0163. The van der Waals surface area contributed by atoms with Gasteiger partial charge in [0.05, 0.1) is 11.8 Å². The summed E-state index contributed by atoms with van der Waals surface area (Å²) in [5.74, 6) is -1.61. The fourth-order valence-electron chi connectivity index (χ4n) is 4.65. The number of hydrogen-bond donors (Lipinski definition) is 2. The van der Waals surface area contributed by atoms with Gasteiger partial charge < -0.3 is 10.6 Å². The zero-order chi connectivity index (χ0) is 26.6. The summed E-state index contributed by atoms with van der Waals surface area (Å²) in [6.07, 6.45) is 1.68. The number of benzene rings is 4. The number of Topliss-reactive ketones (excluding diaryl/α,β-unsaturated/α-hetero) is 1. The smallest absolute Gasteiger partial charge is 0.150 e. The van der Waals surface area contributed by atoms with E-state index in [9.17, 15) is 13.6 Å². The molecule has 38 heavy (non-hydrogen) atoms. The predicted molar refractivity (Wildman–Crippen MR) is 149 cm³/mol. The lowest BCUT2D eigenvalue weighted by Gasteiger charge is -2.24. The molecule has 2 N–H and O–H groups in total. The minimum atomic E-state index is -0.475. The molecule has 0 saturated heterocycles. The van der Waals surface area contributed by atoms with Gasteiger partial charge in [0.1, 0.15) is 17.4 Å². The van der Waals surface area contributed by atoms with Gasteiger partial charge in [0.2, 0.25) is 0 Å². The van der Waals surface area contributed by atoms with Crippen LogP contribution in [0.25, 0.3) is 0 Å². The Hall–Kier alpha value is -3.67. The average Bonchev–Trinajstić information content (AvgIpc) is 2.95. The van der Waals surface area contributed by atoms with Crippen LogP contribution in [0.1, 0.15) is 34.1 Å². The first-order valence-corrected chi connectivity index (χ1v) is 13.1. The van der Waals surface area contributed by atoms with Gasteiger partial charge in [-0.05, 0) is 72.5 Å². The van der Waals surface area contributed by atoms with Crippen molar-refractivity contribution >= 4 is 5.78 Å². The summed E-state index contributed by atoms with van der Waals surface area (Å²) >= 11 is 0. The minimum Gasteiger partial charge on any atom is -0.315 e. The molecule has 0 aliphatic rings. The maximum Gasteiger partial charge on any atom is 0.150 e. The molecule has 0 spiro atoms. The van der Waals surface area contributed by atoms with Gasteiger partial charge in [-0.2, -0.15) is 0 Å². The molecular formula is C33H34F2N2O. The molecule has 5 heteroatoms. The quantitative estimate of drug-likeness (QED) is 0.202. The van der Waals surface area contributed by atoms with Gasteiger partial charge in [0, 0.05) is 13.1 Å². The first-order chi connectivity index (χ1) is 18.6. The molecule has 0 heterocycles. The first kappa shape index (κ1) is 27.4. The highest BCUT2D eigenvalue weighted by atomic mass is 19.1. The van der Waals surface area contributed by atoms with Crippen molar-refractivity contribution in [2.24, 2.45) is 0 Å². The molecule has 0 fully saturated rings. The fraction of sp³-hybridized carbons (Fsp3) is 0.242. The van der Waals surface area contributed by atoms with Crippen molar-refractivity contribution in [2.45, 2.75) is 24.7 Å². The van der Waals surface area contributed by atoms with E-state index in [0.29, 0.717) is 26.2 Å². The van der Waals surface area contributed by atoms with E-state index < -0.39 is 11.8 Å². The Balaban J connectivity index is 1.48. The second-order valence-electron chi connectivity index (χ2n) is 9.49. The maximum atomic E-state index is 14.1. The average molecular weight is 513 g/mol. The predicted octanol–water partition coefficient (Wildman–Crippen LogP) is 6.07.